The zero-order valence-electron chi connectivity index (χ0n) is 18.6. The molecule has 2 aliphatic heterocycles. The molecule has 2 aromatic rings. The van der Waals surface area contributed by atoms with Crippen molar-refractivity contribution in [1.82, 2.24) is 9.80 Å². The number of nitrogens with zero attached hydrogens (tertiary/aromatic N) is 3. The van der Waals surface area contributed by atoms with Crippen molar-refractivity contribution in [3.63, 3.8) is 0 Å². The molecule has 1 saturated heterocycles. The van der Waals surface area contributed by atoms with Crippen LogP contribution in [0.25, 0.3) is 0 Å². The first-order valence-corrected chi connectivity index (χ1v) is 10.9. The Labute approximate surface area is 187 Å². The second-order valence-electron chi connectivity index (χ2n) is 8.63. The standard InChI is InChI=1S/C25H27N3O4/c1-16(2)22(28-23(30)20-6-4-5-7-21(20)24(28)31)25(32)27-14-12-26(13-15-27)19-10-8-18(9-11-19)17(3)29/h4-11,16,22H,12-15H2,1-3H3. The summed E-state index contributed by atoms with van der Waals surface area (Å²) in [7, 11) is 0. The molecule has 7 heteroatoms. The van der Waals surface area contributed by atoms with E-state index in [1.165, 1.54) is 0 Å². The van der Waals surface area contributed by atoms with Gasteiger partial charge in [0.2, 0.25) is 5.91 Å². The van der Waals surface area contributed by atoms with E-state index in [1.807, 2.05) is 38.1 Å². The minimum atomic E-state index is -0.830. The van der Waals surface area contributed by atoms with Crippen LogP contribution in [0.2, 0.25) is 0 Å². The zero-order valence-corrected chi connectivity index (χ0v) is 18.6. The van der Waals surface area contributed by atoms with Crippen molar-refractivity contribution in [2.45, 2.75) is 26.8 Å². The van der Waals surface area contributed by atoms with Crippen LogP contribution >= 0.6 is 0 Å². The maximum absolute atomic E-state index is 13.5. The number of carbonyl (C=O) groups excluding carboxylic acids is 4. The molecule has 0 bridgehead atoms. The second kappa shape index (κ2) is 8.57. The van der Waals surface area contributed by atoms with Gasteiger partial charge < -0.3 is 9.80 Å². The predicted molar refractivity (Wildman–Crippen MR) is 121 cm³/mol. The van der Waals surface area contributed by atoms with Gasteiger partial charge in [0, 0.05) is 37.4 Å². The van der Waals surface area contributed by atoms with Crippen molar-refractivity contribution in [3.8, 4) is 0 Å². The number of piperazine rings is 1. The Morgan fingerprint density at radius 2 is 1.34 bits per heavy atom. The lowest BCUT2D eigenvalue weighted by Crippen LogP contribution is -2.57. The first-order valence-electron chi connectivity index (χ1n) is 10.9. The topological polar surface area (TPSA) is 78.0 Å². The third kappa shape index (κ3) is 3.79. The molecule has 32 heavy (non-hydrogen) atoms. The number of anilines is 1. The maximum atomic E-state index is 13.5. The van der Waals surface area contributed by atoms with E-state index < -0.39 is 17.9 Å². The molecule has 3 amide bonds. The molecule has 1 fully saturated rings. The van der Waals surface area contributed by atoms with Crippen LogP contribution < -0.4 is 4.90 Å². The van der Waals surface area contributed by atoms with Gasteiger partial charge in [-0.25, -0.2) is 0 Å². The van der Waals surface area contributed by atoms with E-state index in [-0.39, 0.29) is 17.6 Å². The smallest absolute Gasteiger partial charge is 0.262 e. The molecule has 0 spiro atoms. The maximum Gasteiger partial charge on any atom is 0.262 e. The van der Waals surface area contributed by atoms with Crippen LogP contribution in [0.15, 0.2) is 48.5 Å². The van der Waals surface area contributed by atoms with Crippen molar-refractivity contribution in [2.75, 3.05) is 31.1 Å². The van der Waals surface area contributed by atoms with Crippen molar-refractivity contribution in [2.24, 2.45) is 5.92 Å². The first-order chi connectivity index (χ1) is 15.3. The molecule has 4 rings (SSSR count). The highest BCUT2D eigenvalue weighted by Crippen LogP contribution is 2.28. The Balaban J connectivity index is 1.47. The lowest BCUT2D eigenvalue weighted by atomic mass is 10.0. The molecule has 0 radical (unpaired) electrons. The molecule has 1 atom stereocenters. The van der Waals surface area contributed by atoms with Crippen molar-refractivity contribution in [3.05, 3.63) is 65.2 Å². The molecule has 0 aliphatic carbocycles. The van der Waals surface area contributed by atoms with Gasteiger partial charge in [0.25, 0.3) is 11.8 Å². The second-order valence-corrected chi connectivity index (χ2v) is 8.63. The third-order valence-corrected chi connectivity index (χ3v) is 6.22. The monoisotopic (exact) mass is 433 g/mol. The molecule has 2 heterocycles. The lowest BCUT2D eigenvalue weighted by Gasteiger charge is -2.39. The van der Waals surface area contributed by atoms with E-state index in [2.05, 4.69) is 4.90 Å². The summed E-state index contributed by atoms with van der Waals surface area (Å²) in [5, 5.41) is 0. The molecule has 166 valence electrons. The number of hydrogen-bond donors (Lipinski definition) is 0. The van der Waals surface area contributed by atoms with Gasteiger partial charge in [-0.15, -0.1) is 0 Å². The molecule has 1 unspecified atom stereocenters. The fourth-order valence-corrected chi connectivity index (χ4v) is 4.43. The van der Waals surface area contributed by atoms with Crippen LogP contribution in [0, 0.1) is 5.92 Å². The van der Waals surface area contributed by atoms with Crippen LogP contribution in [0.1, 0.15) is 51.8 Å². The summed E-state index contributed by atoms with van der Waals surface area (Å²) in [4.78, 5) is 55.9. The van der Waals surface area contributed by atoms with E-state index in [9.17, 15) is 19.2 Å². The summed E-state index contributed by atoms with van der Waals surface area (Å²) in [6, 6.07) is 13.3. The molecule has 2 aliphatic rings. The number of fused-ring (bicyclic) bond motifs is 1. The van der Waals surface area contributed by atoms with Gasteiger partial charge in [0.1, 0.15) is 6.04 Å². The Morgan fingerprint density at radius 3 is 1.81 bits per heavy atom. The SMILES string of the molecule is CC(=O)c1ccc(N2CCN(C(=O)C(C(C)C)N3C(=O)c4ccccc4C3=O)CC2)cc1. The average Bonchev–Trinajstić information content (AvgIpc) is 3.04. The molecular formula is C25H27N3O4. The Bertz CT molecular complexity index is 1030. The van der Waals surface area contributed by atoms with Gasteiger partial charge >= 0.3 is 0 Å². The van der Waals surface area contributed by atoms with Gasteiger partial charge in [-0.3, -0.25) is 24.1 Å². The number of imide groups is 1. The lowest BCUT2D eigenvalue weighted by molar-refractivity contribution is -0.137. The normalized spacial score (nSPS) is 17.1. The average molecular weight is 434 g/mol. The number of Topliss-reactive ketones (excluding diaryl/α,β-unsaturated/α-hetero) is 1. The van der Waals surface area contributed by atoms with Crippen LogP contribution in [0.4, 0.5) is 5.69 Å². The van der Waals surface area contributed by atoms with Gasteiger partial charge in [0.05, 0.1) is 11.1 Å². The minimum Gasteiger partial charge on any atom is -0.368 e. The van der Waals surface area contributed by atoms with Crippen LogP contribution in [0.3, 0.4) is 0 Å². The summed E-state index contributed by atoms with van der Waals surface area (Å²) in [6.45, 7) is 7.53. The van der Waals surface area contributed by atoms with Crippen LogP contribution in [0.5, 0.6) is 0 Å². The van der Waals surface area contributed by atoms with E-state index >= 15 is 0 Å². The summed E-state index contributed by atoms with van der Waals surface area (Å²) < 4.78 is 0. The summed E-state index contributed by atoms with van der Waals surface area (Å²) in [5.41, 5.74) is 2.38. The van der Waals surface area contributed by atoms with Gasteiger partial charge in [-0.1, -0.05) is 26.0 Å². The molecule has 7 nitrogen and oxygen atoms in total. The molecule has 0 saturated carbocycles. The minimum absolute atomic E-state index is 0.0276. The van der Waals surface area contributed by atoms with E-state index in [0.717, 1.165) is 10.6 Å². The highest BCUT2D eigenvalue weighted by atomic mass is 16.2. The van der Waals surface area contributed by atoms with Crippen molar-refractivity contribution >= 4 is 29.2 Å². The highest BCUT2D eigenvalue weighted by molar-refractivity contribution is 6.22. The predicted octanol–water partition coefficient (Wildman–Crippen LogP) is 2.86. The van der Waals surface area contributed by atoms with Gasteiger partial charge in [-0.05, 0) is 49.2 Å². The molecule has 0 aromatic heterocycles. The zero-order chi connectivity index (χ0) is 23.0. The quantitative estimate of drug-likeness (QED) is 0.535. The van der Waals surface area contributed by atoms with E-state index in [1.54, 1.807) is 36.1 Å². The largest absolute Gasteiger partial charge is 0.368 e. The highest BCUT2D eigenvalue weighted by Gasteiger charge is 2.45. The summed E-state index contributed by atoms with van der Waals surface area (Å²) >= 11 is 0. The van der Waals surface area contributed by atoms with Crippen molar-refractivity contribution in [1.29, 1.82) is 0 Å². The van der Waals surface area contributed by atoms with E-state index in [0.29, 0.717) is 42.9 Å². The third-order valence-electron chi connectivity index (χ3n) is 6.22. The fraction of sp³-hybridized carbons (Fsp3) is 0.360. The number of amides is 3. The first kappa shape index (κ1) is 21.7. The number of rotatable bonds is 5. The van der Waals surface area contributed by atoms with Crippen LogP contribution in [-0.4, -0.2) is 65.5 Å². The Hall–Kier alpha value is -3.48. The molecule has 0 N–H and O–H groups in total. The number of benzene rings is 2. The van der Waals surface area contributed by atoms with E-state index in [4.69, 9.17) is 0 Å². The van der Waals surface area contributed by atoms with Crippen LogP contribution in [-0.2, 0) is 4.79 Å². The Morgan fingerprint density at radius 1 is 0.812 bits per heavy atom. The van der Waals surface area contributed by atoms with Crippen molar-refractivity contribution < 1.29 is 19.2 Å². The number of hydrogen-bond acceptors (Lipinski definition) is 5. The van der Waals surface area contributed by atoms with Gasteiger partial charge in [-0.2, -0.15) is 0 Å². The Kier molecular flexibility index (Phi) is 5.82. The summed E-state index contributed by atoms with van der Waals surface area (Å²) in [5.74, 6) is -1.17. The van der Waals surface area contributed by atoms with Gasteiger partial charge in [0.15, 0.2) is 5.78 Å². The number of carbonyl (C=O) groups is 4. The fourth-order valence-electron chi connectivity index (χ4n) is 4.43. The molecular weight excluding hydrogens is 406 g/mol. The molecule has 2 aromatic carbocycles. The summed E-state index contributed by atoms with van der Waals surface area (Å²) in [6.07, 6.45) is 0. The number of ketones is 1.